The average molecular weight is 211 g/mol. The van der Waals surface area contributed by atoms with Crippen molar-refractivity contribution in [1.29, 1.82) is 0 Å². The normalized spacial score (nSPS) is 38.0. The molecule has 0 bridgehead atoms. The van der Waals surface area contributed by atoms with E-state index in [0.29, 0.717) is 18.5 Å². The van der Waals surface area contributed by atoms with E-state index in [2.05, 4.69) is 10.6 Å². The van der Waals surface area contributed by atoms with Gasteiger partial charge >= 0.3 is 6.03 Å². The van der Waals surface area contributed by atoms with Crippen LogP contribution < -0.4 is 16.4 Å². The lowest BCUT2D eigenvalue weighted by Gasteiger charge is -2.37. The quantitative estimate of drug-likeness (QED) is 0.642. The first-order chi connectivity index (χ1) is 7.20. The van der Waals surface area contributed by atoms with E-state index < -0.39 is 0 Å². The van der Waals surface area contributed by atoms with Gasteiger partial charge in [0, 0.05) is 19.1 Å². The van der Waals surface area contributed by atoms with Crippen molar-refractivity contribution in [2.75, 3.05) is 13.1 Å². The third-order valence-electron chi connectivity index (χ3n) is 3.86. The minimum Gasteiger partial charge on any atom is -0.338 e. The van der Waals surface area contributed by atoms with E-state index >= 15 is 0 Å². The summed E-state index contributed by atoms with van der Waals surface area (Å²) in [5, 5.41) is 5.66. The van der Waals surface area contributed by atoms with Crippen LogP contribution in [0.3, 0.4) is 0 Å². The molecule has 2 fully saturated rings. The minimum atomic E-state index is -0.0407. The van der Waals surface area contributed by atoms with Gasteiger partial charge in [0.1, 0.15) is 0 Å². The Kier molecular flexibility index (Phi) is 3.14. The van der Waals surface area contributed by atoms with Gasteiger partial charge in [0.25, 0.3) is 0 Å². The summed E-state index contributed by atoms with van der Waals surface area (Å²) in [6.07, 6.45) is 3.66. The zero-order chi connectivity index (χ0) is 10.8. The first-order valence-corrected chi connectivity index (χ1v) is 5.98. The molecule has 2 rings (SSSR count). The highest BCUT2D eigenvalue weighted by atomic mass is 16.2. The SMILES string of the molecule is CCNC(=O)NCC1CC2CC(N)C2C1. The minimum absolute atomic E-state index is 0.0407. The van der Waals surface area contributed by atoms with Gasteiger partial charge in [-0.1, -0.05) is 0 Å². The van der Waals surface area contributed by atoms with Crippen LogP contribution in [0.5, 0.6) is 0 Å². The van der Waals surface area contributed by atoms with Crippen LogP contribution in [-0.4, -0.2) is 25.2 Å². The molecule has 4 nitrogen and oxygen atoms in total. The molecular weight excluding hydrogens is 190 g/mol. The van der Waals surface area contributed by atoms with E-state index in [9.17, 15) is 4.79 Å². The van der Waals surface area contributed by atoms with Gasteiger partial charge in [0.2, 0.25) is 0 Å². The van der Waals surface area contributed by atoms with Crippen LogP contribution >= 0.6 is 0 Å². The van der Waals surface area contributed by atoms with E-state index in [4.69, 9.17) is 5.73 Å². The fourth-order valence-electron chi connectivity index (χ4n) is 3.03. The van der Waals surface area contributed by atoms with Crippen molar-refractivity contribution in [2.45, 2.75) is 32.2 Å². The number of fused-ring (bicyclic) bond motifs is 1. The highest BCUT2D eigenvalue weighted by molar-refractivity contribution is 5.73. The molecule has 2 amide bonds. The Hall–Kier alpha value is -0.770. The Bertz CT molecular complexity index is 244. The summed E-state index contributed by atoms with van der Waals surface area (Å²) in [6, 6.07) is 0.394. The van der Waals surface area contributed by atoms with Crippen molar-refractivity contribution in [1.82, 2.24) is 10.6 Å². The third-order valence-corrected chi connectivity index (χ3v) is 3.86. The summed E-state index contributed by atoms with van der Waals surface area (Å²) >= 11 is 0. The van der Waals surface area contributed by atoms with Gasteiger partial charge in [0.15, 0.2) is 0 Å². The molecule has 0 aromatic rings. The summed E-state index contributed by atoms with van der Waals surface area (Å²) in [7, 11) is 0. The smallest absolute Gasteiger partial charge is 0.314 e. The second-order valence-corrected chi connectivity index (χ2v) is 4.90. The molecule has 0 radical (unpaired) electrons. The lowest BCUT2D eigenvalue weighted by atomic mass is 9.72. The Labute approximate surface area is 91.0 Å². The Balaban J connectivity index is 1.67. The van der Waals surface area contributed by atoms with E-state index in [0.717, 1.165) is 18.4 Å². The van der Waals surface area contributed by atoms with E-state index in [1.165, 1.54) is 19.3 Å². The van der Waals surface area contributed by atoms with Gasteiger partial charge in [-0.3, -0.25) is 0 Å². The van der Waals surface area contributed by atoms with Gasteiger partial charge in [0.05, 0.1) is 0 Å². The fraction of sp³-hybridized carbons (Fsp3) is 0.909. The Morgan fingerprint density at radius 2 is 2.13 bits per heavy atom. The van der Waals surface area contributed by atoms with Crippen LogP contribution in [0.4, 0.5) is 4.79 Å². The topological polar surface area (TPSA) is 67.2 Å². The molecule has 2 aliphatic rings. The van der Waals surface area contributed by atoms with E-state index in [1.807, 2.05) is 6.92 Å². The molecule has 0 heterocycles. The van der Waals surface area contributed by atoms with E-state index in [1.54, 1.807) is 0 Å². The summed E-state index contributed by atoms with van der Waals surface area (Å²) in [5.41, 5.74) is 5.93. The molecule has 0 aromatic carbocycles. The van der Waals surface area contributed by atoms with Crippen molar-refractivity contribution in [3.63, 3.8) is 0 Å². The van der Waals surface area contributed by atoms with Crippen LogP contribution in [0.2, 0.25) is 0 Å². The summed E-state index contributed by atoms with van der Waals surface area (Å²) < 4.78 is 0. The van der Waals surface area contributed by atoms with Gasteiger partial charge in [-0.2, -0.15) is 0 Å². The maximum atomic E-state index is 11.2. The molecule has 4 N–H and O–H groups in total. The molecule has 4 unspecified atom stereocenters. The van der Waals surface area contributed by atoms with Crippen molar-refractivity contribution < 1.29 is 4.79 Å². The lowest BCUT2D eigenvalue weighted by molar-refractivity contribution is 0.173. The predicted molar refractivity (Wildman–Crippen MR) is 59.4 cm³/mol. The van der Waals surface area contributed by atoms with Gasteiger partial charge in [-0.05, 0) is 43.9 Å². The summed E-state index contributed by atoms with van der Waals surface area (Å²) in [6.45, 7) is 3.42. The zero-order valence-corrected chi connectivity index (χ0v) is 9.33. The number of urea groups is 1. The number of nitrogens with one attached hydrogen (secondary N) is 2. The number of rotatable bonds is 3. The van der Waals surface area contributed by atoms with Crippen molar-refractivity contribution >= 4 is 6.03 Å². The average Bonchev–Trinajstić information content (AvgIpc) is 2.53. The maximum Gasteiger partial charge on any atom is 0.314 e. The van der Waals surface area contributed by atoms with Crippen LogP contribution in [0, 0.1) is 17.8 Å². The largest absolute Gasteiger partial charge is 0.338 e. The molecule has 0 spiro atoms. The van der Waals surface area contributed by atoms with Gasteiger partial charge in [-0.25, -0.2) is 4.79 Å². The monoisotopic (exact) mass is 211 g/mol. The van der Waals surface area contributed by atoms with Crippen LogP contribution in [0.15, 0.2) is 0 Å². The molecule has 4 heteroatoms. The molecule has 4 atom stereocenters. The number of hydrogen-bond donors (Lipinski definition) is 3. The third kappa shape index (κ3) is 2.25. The summed E-state index contributed by atoms with van der Waals surface area (Å²) in [5.74, 6) is 2.24. The molecular formula is C11H21N3O. The van der Waals surface area contributed by atoms with Gasteiger partial charge < -0.3 is 16.4 Å². The number of amides is 2. The summed E-state index contributed by atoms with van der Waals surface area (Å²) in [4.78, 5) is 11.2. The molecule has 86 valence electrons. The lowest BCUT2D eigenvalue weighted by Crippen LogP contribution is -2.44. The number of nitrogens with two attached hydrogens (primary N) is 1. The van der Waals surface area contributed by atoms with Gasteiger partial charge in [-0.15, -0.1) is 0 Å². The Morgan fingerprint density at radius 1 is 1.33 bits per heavy atom. The van der Waals surface area contributed by atoms with Crippen LogP contribution in [0.25, 0.3) is 0 Å². The predicted octanol–water partition coefficient (Wildman–Crippen LogP) is 0.679. The Morgan fingerprint density at radius 3 is 2.73 bits per heavy atom. The molecule has 0 aromatic heterocycles. The molecule has 0 aliphatic heterocycles. The second kappa shape index (κ2) is 4.39. The standard InChI is InChI=1S/C11H21N3O/c1-2-13-11(15)14-6-7-3-8-5-10(12)9(8)4-7/h7-10H,2-6,12H2,1H3,(H2,13,14,15). The fourth-order valence-corrected chi connectivity index (χ4v) is 3.03. The molecule has 2 saturated carbocycles. The molecule has 15 heavy (non-hydrogen) atoms. The maximum absolute atomic E-state index is 11.2. The second-order valence-electron chi connectivity index (χ2n) is 4.90. The van der Waals surface area contributed by atoms with Crippen LogP contribution in [-0.2, 0) is 0 Å². The van der Waals surface area contributed by atoms with E-state index in [-0.39, 0.29) is 6.03 Å². The number of carbonyl (C=O) groups excluding carboxylic acids is 1. The van der Waals surface area contributed by atoms with Crippen LogP contribution in [0.1, 0.15) is 26.2 Å². The highest BCUT2D eigenvalue weighted by Gasteiger charge is 2.45. The molecule has 0 saturated heterocycles. The first kappa shape index (κ1) is 10.7. The molecule has 2 aliphatic carbocycles. The van der Waals surface area contributed by atoms with Crippen molar-refractivity contribution in [2.24, 2.45) is 23.5 Å². The number of hydrogen-bond acceptors (Lipinski definition) is 2. The zero-order valence-electron chi connectivity index (χ0n) is 9.33. The number of carbonyl (C=O) groups is 1. The van der Waals surface area contributed by atoms with Crippen molar-refractivity contribution in [3.05, 3.63) is 0 Å². The van der Waals surface area contributed by atoms with Crippen molar-refractivity contribution in [3.8, 4) is 0 Å². The highest BCUT2D eigenvalue weighted by Crippen LogP contribution is 2.48. The first-order valence-electron chi connectivity index (χ1n) is 5.98.